The van der Waals surface area contributed by atoms with Crippen LogP contribution in [-0.2, 0) is 9.16 Å². The van der Waals surface area contributed by atoms with Crippen LogP contribution in [0.15, 0.2) is 60.7 Å². The van der Waals surface area contributed by atoms with Crippen LogP contribution in [0.25, 0.3) is 0 Å². The molecule has 3 rings (SSSR count). The van der Waals surface area contributed by atoms with Gasteiger partial charge in [-0.25, -0.2) is 4.79 Å². The van der Waals surface area contributed by atoms with E-state index < -0.39 is 13.9 Å². The number of alkyl carbamates (subject to hydrolysis) is 1. The molecule has 5 heteroatoms. The average molecular weight is 454 g/mol. The summed E-state index contributed by atoms with van der Waals surface area (Å²) in [7, 11) is -2.53. The fourth-order valence-electron chi connectivity index (χ4n) is 4.74. The van der Waals surface area contributed by atoms with Crippen LogP contribution in [0.1, 0.15) is 67.2 Å². The van der Waals surface area contributed by atoms with Gasteiger partial charge in [-0.3, -0.25) is 0 Å². The highest BCUT2D eigenvalue weighted by atomic mass is 28.4. The second-order valence-electron chi connectivity index (χ2n) is 10.9. The zero-order valence-electron chi connectivity index (χ0n) is 20.5. The van der Waals surface area contributed by atoms with E-state index in [0.717, 1.165) is 25.7 Å². The van der Waals surface area contributed by atoms with Crippen LogP contribution < -0.4 is 15.7 Å². The molecule has 1 aliphatic carbocycles. The molecule has 0 bridgehead atoms. The highest BCUT2D eigenvalue weighted by Gasteiger charge is 2.51. The van der Waals surface area contributed by atoms with Crippen LogP contribution in [0.5, 0.6) is 0 Å². The van der Waals surface area contributed by atoms with Gasteiger partial charge in [-0.1, -0.05) is 81.4 Å². The highest BCUT2D eigenvalue weighted by Crippen LogP contribution is 2.39. The predicted molar refractivity (Wildman–Crippen MR) is 134 cm³/mol. The minimum Gasteiger partial charge on any atom is -0.444 e. The number of hydrogen-bond donors (Lipinski definition) is 1. The predicted octanol–water partition coefficient (Wildman–Crippen LogP) is 5.40. The molecular weight excluding hydrogens is 414 g/mol. The second kappa shape index (κ2) is 9.80. The summed E-state index contributed by atoms with van der Waals surface area (Å²) < 4.78 is 12.7. The molecule has 1 amide bonds. The number of carbonyl (C=O) groups excluding carboxylic acids is 1. The zero-order chi connectivity index (χ0) is 23.4. The summed E-state index contributed by atoms with van der Waals surface area (Å²) in [5.41, 5.74) is -0.478. The van der Waals surface area contributed by atoms with E-state index in [-0.39, 0.29) is 23.3 Å². The van der Waals surface area contributed by atoms with E-state index in [1.807, 2.05) is 20.8 Å². The molecule has 0 unspecified atom stereocenters. The number of carbonyl (C=O) groups is 1. The maximum atomic E-state index is 12.2. The Morgan fingerprint density at radius 1 is 0.812 bits per heavy atom. The Morgan fingerprint density at radius 2 is 1.28 bits per heavy atom. The van der Waals surface area contributed by atoms with E-state index in [0.29, 0.717) is 0 Å². The molecule has 2 aromatic rings. The Bertz CT molecular complexity index is 824. The van der Waals surface area contributed by atoms with E-state index in [9.17, 15) is 4.79 Å². The van der Waals surface area contributed by atoms with Gasteiger partial charge in [0.1, 0.15) is 5.60 Å². The fraction of sp³-hybridized carbons (Fsp3) is 0.519. The summed E-state index contributed by atoms with van der Waals surface area (Å²) in [6, 6.07) is 21.7. The van der Waals surface area contributed by atoms with Gasteiger partial charge in [-0.2, -0.15) is 0 Å². The van der Waals surface area contributed by atoms with Crippen molar-refractivity contribution in [1.82, 2.24) is 5.32 Å². The smallest absolute Gasteiger partial charge is 0.407 e. The zero-order valence-corrected chi connectivity index (χ0v) is 21.5. The van der Waals surface area contributed by atoms with E-state index in [1.54, 1.807) is 0 Å². The van der Waals surface area contributed by atoms with Crippen LogP contribution in [-0.4, -0.2) is 32.2 Å². The highest BCUT2D eigenvalue weighted by molar-refractivity contribution is 6.99. The van der Waals surface area contributed by atoms with Crippen molar-refractivity contribution in [2.75, 3.05) is 0 Å². The lowest BCUT2D eigenvalue weighted by Gasteiger charge is -2.46. The molecule has 1 saturated carbocycles. The van der Waals surface area contributed by atoms with Gasteiger partial charge in [0.25, 0.3) is 8.32 Å². The number of nitrogens with one attached hydrogen (secondary N) is 1. The number of rotatable bonds is 5. The third-order valence-electron chi connectivity index (χ3n) is 6.16. The van der Waals surface area contributed by atoms with Gasteiger partial charge in [0.2, 0.25) is 0 Å². The Balaban J connectivity index is 1.80. The van der Waals surface area contributed by atoms with Crippen molar-refractivity contribution in [2.24, 2.45) is 0 Å². The molecule has 32 heavy (non-hydrogen) atoms. The molecule has 0 atom stereocenters. The fourth-order valence-corrected chi connectivity index (χ4v) is 9.49. The molecule has 0 saturated heterocycles. The molecule has 2 aromatic carbocycles. The third kappa shape index (κ3) is 5.81. The van der Waals surface area contributed by atoms with Gasteiger partial charge in [-0.15, -0.1) is 0 Å². The van der Waals surface area contributed by atoms with E-state index in [1.165, 1.54) is 10.4 Å². The van der Waals surface area contributed by atoms with Crippen molar-refractivity contribution in [1.29, 1.82) is 0 Å². The minimum absolute atomic E-state index is 0.0265. The summed E-state index contributed by atoms with van der Waals surface area (Å²) in [6.07, 6.45) is 3.53. The second-order valence-corrected chi connectivity index (χ2v) is 15.2. The van der Waals surface area contributed by atoms with Crippen LogP contribution in [0.4, 0.5) is 4.79 Å². The van der Waals surface area contributed by atoms with Gasteiger partial charge in [-0.05, 0) is 61.9 Å². The van der Waals surface area contributed by atoms with Crippen molar-refractivity contribution in [3.05, 3.63) is 60.7 Å². The van der Waals surface area contributed by atoms with Crippen molar-refractivity contribution >= 4 is 24.8 Å². The first kappa shape index (κ1) is 24.5. The monoisotopic (exact) mass is 453 g/mol. The third-order valence-corrected chi connectivity index (χ3v) is 11.2. The summed E-state index contributed by atoms with van der Waals surface area (Å²) in [5.74, 6) is 0. The molecule has 1 fully saturated rings. The summed E-state index contributed by atoms with van der Waals surface area (Å²) in [6.45, 7) is 12.6. The molecule has 1 aliphatic rings. The van der Waals surface area contributed by atoms with Gasteiger partial charge < -0.3 is 14.5 Å². The molecule has 174 valence electrons. The molecule has 0 heterocycles. The molecule has 4 nitrogen and oxygen atoms in total. The number of hydrogen-bond acceptors (Lipinski definition) is 3. The first-order chi connectivity index (χ1) is 15.0. The minimum atomic E-state index is -2.53. The van der Waals surface area contributed by atoms with Gasteiger partial charge in [0.15, 0.2) is 0 Å². The lowest BCUT2D eigenvalue weighted by atomic mass is 9.93. The molecule has 0 radical (unpaired) electrons. The average Bonchev–Trinajstić information content (AvgIpc) is 2.72. The normalized spacial score (nSPS) is 19.9. The summed E-state index contributed by atoms with van der Waals surface area (Å²) in [5, 5.41) is 5.65. The molecular formula is C27H39NO3Si. The summed E-state index contributed by atoms with van der Waals surface area (Å²) in [4.78, 5) is 12.2. The van der Waals surface area contributed by atoms with Crippen LogP contribution in [0, 0.1) is 0 Å². The number of ether oxygens (including phenoxy) is 1. The first-order valence-electron chi connectivity index (χ1n) is 11.8. The largest absolute Gasteiger partial charge is 0.444 e. The molecule has 0 spiro atoms. The summed E-state index contributed by atoms with van der Waals surface area (Å²) >= 11 is 0. The maximum Gasteiger partial charge on any atom is 0.407 e. The van der Waals surface area contributed by atoms with Crippen molar-refractivity contribution in [3.8, 4) is 0 Å². The molecule has 0 aliphatic heterocycles. The maximum absolute atomic E-state index is 12.2. The molecule has 0 aromatic heterocycles. The topological polar surface area (TPSA) is 47.6 Å². The Labute approximate surface area is 194 Å². The van der Waals surface area contributed by atoms with Crippen LogP contribution in [0.3, 0.4) is 0 Å². The van der Waals surface area contributed by atoms with E-state index in [2.05, 4.69) is 86.8 Å². The van der Waals surface area contributed by atoms with Gasteiger partial charge in [0, 0.05) is 12.1 Å². The quantitative estimate of drug-likeness (QED) is 0.617. The SMILES string of the molecule is CC(C)(C)OC(=O)NC1CCC(O[Si](c2ccccc2)(c2ccccc2)C(C)(C)C)CC1. The number of benzene rings is 2. The standard InChI is InChI=1S/C27H39NO3Si/c1-26(2,3)30-25(29)28-21-17-19-22(20-18-21)31-32(27(4,5)6,23-13-9-7-10-14-23)24-15-11-8-12-16-24/h7-16,21-22H,17-20H2,1-6H3,(H,28,29). The van der Waals surface area contributed by atoms with Crippen LogP contribution >= 0.6 is 0 Å². The number of amides is 1. The Morgan fingerprint density at radius 3 is 1.69 bits per heavy atom. The van der Waals surface area contributed by atoms with Crippen molar-refractivity contribution in [3.63, 3.8) is 0 Å². The Kier molecular flexibility index (Phi) is 7.51. The van der Waals surface area contributed by atoms with Gasteiger partial charge >= 0.3 is 6.09 Å². The first-order valence-corrected chi connectivity index (χ1v) is 13.7. The van der Waals surface area contributed by atoms with Crippen LogP contribution in [0.2, 0.25) is 5.04 Å². The lowest BCUT2D eigenvalue weighted by Crippen LogP contribution is -2.68. The Hall–Kier alpha value is -2.11. The van der Waals surface area contributed by atoms with Crippen molar-refractivity contribution < 1.29 is 14.0 Å². The van der Waals surface area contributed by atoms with E-state index >= 15 is 0 Å². The van der Waals surface area contributed by atoms with Gasteiger partial charge in [0.05, 0.1) is 0 Å². The molecule has 1 N–H and O–H groups in total. The lowest BCUT2D eigenvalue weighted by molar-refractivity contribution is 0.0467. The van der Waals surface area contributed by atoms with E-state index in [4.69, 9.17) is 9.16 Å². The van der Waals surface area contributed by atoms with Crippen molar-refractivity contribution in [2.45, 2.75) is 90.0 Å².